The second-order valence-corrected chi connectivity index (χ2v) is 5.80. The van der Waals surface area contributed by atoms with Crippen LogP contribution >= 0.6 is 11.8 Å². The molecule has 0 bridgehead atoms. The number of nitrogens with zero attached hydrogens (tertiary/aromatic N) is 2. The van der Waals surface area contributed by atoms with Gasteiger partial charge in [-0.15, -0.1) is 11.8 Å². The molecule has 0 amide bonds. The highest BCUT2D eigenvalue weighted by Gasteiger charge is 2.18. The lowest BCUT2D eigenvalue weighted by molar-refractivity contribution is -0.387. The van der Waals surface area contributed by atoms with Crippen molar-refractivity contribution in [1.29, 1.82) is 5.26 Å². The number of hydrogen-bond donors (Lipinski definition) is 0. The van der Waals surface area contributed by atoms with Gasteiger partial charge in [0, 0.05) is 17.7 Å². The summed E-state index contributed by atoms with van der Waals surface area (Å²) in [6.07, 6.45) is 0.825. The van der Waals surface area contributed by atoms with Crippen molar-refractivity contribution in [1.82, 2.24) is 0 Å². The lowest BCUT2D eigenvalue weighted by Crippen LogP contribution is -2.07. The molecule has 0 saturated heterocycles. The number of ether oxygens (including phenoxy) is 1. The highest BCUT2D eigenvalue weighted by molar-refractivity contribution is 8.00. The van der Waals surface area contributed by atoms with Gasteiger partial charge < -0.3 is 4.74 Å². The molecule has 7 heteroatoms. The Balaban J connectivity index is 2.74. The highest BCUT2D eigenvalue weighted by atomic mass is 32.2. The van der Waals surface area contributed by atoms with Gasteiger partial charge in [0.05, 0.1) is 28.1 Å². The highest BCUT2D eigenvalue weighted by Crippen LogP contribution is 2.34. The van der Waals surface area contributed by atoms with Gasteiger partial charge in [0.25, 0.3) is 5.69 Å². The first-order chi connectivity index (χ1) is 9.97. The molecule has 6 nitrogen and oxygen atoms in total. The largest absolute Gasteiger partial charge is 0.466 e. The fourth-order valence-electron chi connectivity index (χ4n) is 1.66. The second kappa shape index (κ2) is 8.27. The van der Waals surface area contributed by atoms with E-state index in [-0.39, 0.29) is 23.3 Å². The van der Waals surface area contributed by atoms with Gasteiger partial charge in [-0.25, -0.2) is 0 Å². The summed E-state index contributed by atoms with van der Waals surface area (Å²) < 4.78 is 4.84. The average Bonchev–Trinajstić information content (AvgIpc) is 2.45. The third kappa shape index (κ3) is 5.44. The van der Waals surface area contributed by atoms with E-state index >= 15 is 0 Å². The van der Waals surface area contributed by atoms with E-state index in [1.54, 1.807) is 6.92 Å². The standard InChI is InChI=1S/C14H16N2O4S/c1-3-20-14(17)7-4-10(2)21-13-8-11(9-15)5-6-12(13)16(18)19/h5-6,8,10H,3-4,7H2,1-2H3/t10-/m0/s1. The maximum absolute atomic E-state index is 11.3. The van der Waals surface area contributed by atoms with Crippen LogP contribution in [-0.2, 0) is 9.53 Å². The molecule has 1 aromatic rings. The number of carbonyl (C=O) groups is 1. The van der Waals surface area contributed by atoms with Gasteiger partial charge in [-0.05, 0) is 25.5 Å². The van der Waals surface area contributed by atoms with Crippen LogP contribution in [0.15, 0.2) is 23.1 Å². The Hall–Kier alpha value is -2.07. The fraction of sp³-hybridized carbons (Fsp3) is 0.429. The fourth-order valence-corrected chi connectivity index (χ4v) is 2.79. The van der Waals surface area contributed by atoms with Crippen LogP contribution in [-0.4, -0.2) is 22.7 Å². The lowest BCUT2D eigenvalue weighted by Gasteiger charge is -2.11. The summed E-state index contributed by atoms with van der Waals surface area (Å²) >= 11 is 1.29. The van der Waals surface area contributed by atoms with Gasteiger partial charge in [-0.1, -0.05) is 6.92 Å². The molecular weight excluding hydrogens is 292 g/mol. The van der Waals surface area contributed by atoms with E-state index in [0.717, 1.165) is 0 Å². The number of esters is 1. The molecule has 0 spiro atoms. The molecule has 0 unspecified atom stereocenters. The molecule has 0 fully saturated rings. The zero-order chi connectivity index (χ0) is 15.8. The number of carbonyl (C=O) groups excluding carboxylic acids is 1. The zero-order valence-electron chi connectivity index (χ0n) is 11.9. The molecule has 1 rings (SSSR count). The van der Waals surface area contributed by atoms with Gasteiger partial charge >= 0.3 is 5.97 Å². The average molecular weight is 308 g/mol. The van der Waals surface area contributed by atoms with E-state index in [2.05, 4.69) is 0 Å². The first-order valence-electron chi connectivity index (χ1n) is 6.48. The van der Waals surface area contributed by atoms with Gasteiger partial charge in [-0.2, -0.15) is 5.26 Å². The van der Waals surface area contributed by atoms with Crippen molar-refractivity contribution in [2.75, 3.05) is 6.61 Å². The quantitative estimate of drug-likeness (QED) is 0.332. The molecule has 0 saturated carbocycles. The van der Waals surface area contributed by atoms with Gasteiger partial charge in [0.1, 0.15) is 0 Å². The summed E-state index contributed by atoms with van der Waals surface area (Å²) in [6.45, 7) is 3.97. The Kier molecular flexibility index (Phi) is 6.69. The van der Waals surface area contributed by atoms with Crippen LogP contribution in [0.2, 0.25) is 0 Å². The van der Waals surface area contributed by atoms with Crippen molar-refractivity contribution in [3.8, 4) is 6.07 Å². The third-order valence-corrected chi connectivity index (χ3v) is 3.89. The Morgan fingerprint density at radius 3 is 2.86 bits per heavy atom. The summed E-state index contributed by atoms with van der Waals surface area (Å²) in [7, 11) is 0. The van der Waals surface area contributed by atoms with Crippen molar-refractivity contribution in [3.63, 3.8) is 0 Å². The van der Waals surface area contributed by atoms with Gasteiger partial charge in [0.15, 0.2) is 0 Å². The predicted octanol–water partition coefficient (Wildman–Crippen LogP) is 3.29. The topological polar surface area (TPSA) is 93.2 Å². The van der Waals surface area contributed by atoms with E-state index in [1.807, 2.05) is 13.0 Å². The number of rotatable bonds is 7. The van der Waals surface area contributed by atoms with Crippen LogP contribution in [0.5, 0.6) is 0 Å². The third-order valence-electron chi connectivity index (χ3n) is 2.67. The summed E-state index contributed by atoms with van der Waals surface area (Å²) in [4.78, 5) is 22.3. The van der Waals surface area contributed by atoms with Crippen LogP contribution < -0.4 is 0 Å². The minimum absolute atomic E-state index is 0.00190. The minimum Gasteiger partial charge on any atom is -0.466 e. The van der Waals surface area contributed by atoms with Crippen molar-refractivity contribution >= 4 is 23.4 Å². The number of nitriles is 1. The normalized spacial score (nSPS) is 11.5. The minimum atomic E-state index is -0.471. The Labute approximate surface area is 127 Å². The molecule has 0 aliphatic carbocycles. The molecule has 112 valence electrons. The SMILES string of the molecule is CCOC(=O)CC[C@H](C)Sc1cc(C#N)ccc1[N+](=O)[O-]. The Morgan fingerprint density at radius 2 is 2.29 bits per heavy atom. The zero-order valence-corrected chi connectivity index (χ0v) is 12.7. The first-order valence-corrected chi connectivity index (χ1v) is 7.36. The molecule has 0 heterocycles. The monoisotopic (exact) mass is 308 g/mol. The van der Waals surface area contributed by atoms with Crippen molar-refractivity contribution < 1.29 is 14.5 Å². The molecule has 0 aliphatic heterocycles. The number of thioether (sulfide) groups is 1. The summed E-state index contributed by atoms with van der Waals surface area (Å²) in [6, 6.07) is 6.22. The van der Waals surface area contributed by atoms with Gasteiger partial charge in [-0.3, -0.25) is 14.9 Å². The number of benzene rings is 1. The molecular formula is C14H16N2O4S. The number of nitro groups is 1. The van der Waals surface area contributed by atoms with E-state index < -0.39 is 4.92 Å². The van der Waals surface area contributed by atoms with Crippen LogP contribution in [0.3, 0.4) is 0 Å². The number of nitro benzene ring substituents is 1. The maximum Gasteiger partial charge on any atom is 0.305 e. The lowest BCUT2D eigenvalue weighted by atomic mass is 10.2. The van der Waals surface area contributed by atoms with E-state index in [9.17, 15) is 14.9 Å². The first kappa shape index (κ1) is 17.0. The Morgan fingerprint density at radius 1 is 1.57 bits per heavy atom. The molecule has 0 radical (unpaired) electrons. The van der Waals surface area contributed by atoms with Crippen molar-refractivity contribution in [2.45, 2.75) is 36.8 Å². The maximum atomic E-state index is 11.3. The summed E-state index contributed by atoms with van der Waals surface area (Å²) in [5, 5.41) is 19.9. The van der Waals surface area contributed by atoms with E-state index in [0.29, 0.717) is 23.5 Å². The molecule has 0 N–H and O–H groups in total. The Bertz CT molecular complexity index is 569. The van der Waals surface area contributed by atoms with E-state index in [4.69, 9.17) is 10.00 Å². The summed E-state index contributed by atoms with van der Waals surface area (Å²) in [5.74, 6) is -0.273. The smallest absolute Gasteiger partial charge is 0.305 e. The molecule has 1 aromatic carbocycles. The molecule has 0 aliphatic rings. The summed E-state index contributed by atoms with van der Waals surface area (Å²) in [5.41, 5.74) is 0.350. The molecule has 0 aromatic heterocycles. The van der Waals surface area contributed by atoms with Crippen LogP contribution in [0.25, 0.3) is 0 Å². The molecule has 1 atom stereocenters. The predicted molar refractivity (Wildman–Crippen MR) is 79.0 cm³/mol. The van der Waals surface area contributed by atoms with Crippen LogP contribution in [0.4, 0.5) is 5.69 Å². The van der Waals surface area contributed by atoms with Crippen LogP contribution in [0.1, 0.15) is 32.3 Å². The van der Waals surface area contributed by atoms with Gasteiger partial charge in [0.2, 0.25) is 0 Å². The molecule has 21 heavy (non-hydrogen) atoms. The van der Waals surface area contributed by atoms with E-state index in [1.165, 1.54) is 30.0 Å². The number of hydrogen-bond acceptors (Lipinski definition) is 6. The van der Waals surface area contributed by atoms with Crippen molar-refractivity contribution in [3.05, 3.63) is 33.9 Å². The second-order valence-electron chi connectivity index (χ2n) is 4.32. The van der Waals surface area contributed by atoms with Crippen molar-refractivity contribution in [2.24, 2.45) is 0 Å². The van der Waals surface area contributed by atoms with Crippen LogP contribution in [0, 0.1) is 21.4 Å².